The lowest BCUT2D eigenvalue weighted by Gasteiger charge is -2.19. The first kappa shape index (κ1) is 16.4. The molecule has 1 atom stereocenters. The summed E-state index contributed by atoms with van der Waals surface area (Å²) in [6, 6.07) is 10.7. The Kier molecular flexibility index (Phi) is 6.61. The number of nitrogens with one attached hydrogen (secondary N) is 1. The van der Waals surface area contributed by atoms with Crippen LogP contribution in [0.15, 0.2) is 41.4 Å². The molecule has 21 heavy (non-hydrogen) atoms. The van der Waals surface area contributed by atoms with E-state index in [4.69, 9.17) is 11.6 Å². The molecule has 0 saturated heterocycles. The van der Waals surface area contributed by atoms with Crippen LogP contribution in [0.5, 0.6) is 0 Å². The van der Waals surface area contributed by atoms with Gasteiger partial charge < -0.3 is 5.32 Å². The van der Waals surface area contributed by atoms with Crippen molar-refractivity contribution >= 4 is 23.4 Å². The average molecular weight is 324 g/mol. The molecule has 114 valence electrons. The van der Waals surface area contributed by atoms with Gasteiger partial charge in [0.25, 0.3) is 0 Å². The van der Waals surface area contributed by atoms with Gasteiger partial charge in [-0.15, -0.1) is 11.8 Å². The third-order valence-corrected chi connectivity index (χ3v) is 4.61. The van der Waals surface area contributed by atoms with E-state index >= 15 is 0 Å². The molecule has 1 N–H and O–H groups in total. The van der Waals surface area contributed by atoms with Crippen LogP contribution in [0.4, 0.5) is 0 Å². The summed E-state index contributed by atoms with van der Waals surface area (Å²) in [7, 11) is 0. The zero-order valence-electron chi connectivity index (χ0n) is 12.6. The predicted molar refractivity (Wildman–Crippen MR) is 91.1 cm³/mol. The van der Waals surface area contributed by atoms with Crippen LogP contribution >= 0.6 is 23.4 Å². The van der Waals surface area contributed by atoms with Gasteiger partial charge in [-0.05, 0) is 25.1 Å². The lowest BCUT2D eigenvalue weighted by molar-refractivity contribution is 0.508. The van der Waals surface area contributed by atoms with E-state index in [-0.39, 0.29) is 6.04 Å². The molecule has 2 rings (SSSR count). The lowest BCUT2D eigenvalue weighted by Crippen LogP contribution is -2.26. The number of aromatic nitrogens is 2. The molecular formula is C16H22ClN3S. The highest BCUT2D eigenvalue weighted by molar-refractivity contribution is 7.99. The standard InChI is InChI=1S/C16H22ClN3S/c1-3-10-20-16(14(17)11-19-20)15(18-4-2)12-21-13-8-6-5-7-9-13/h5-9,11,15,18H,3-4,10,12H2,1-2H3. The van der Waals surface area contributed by atoms with Gasteiger partial charge in [-0.2, -0.15) is 5.10 Å². The highest BCUT2D eigenvalue weighted by atomic mass is 35.5. The van der Waals surface area contributed by atoms with E-state index in [1.807, 2.05) is 22.5 Å². The lowest BCUT2D eigenvalue weighted by atomic mass is 10.2. The van der Waals surface area contributed by atoms with Gasteiger partial charge in [0.2, 0.25) is 0 Å². The maximum atomic E-state index is 6.36. The van der Waals surface area contributed by atoms with E-state index in [0.717, 1.165) is 36.0 Å². The van der Waals surface area contributed by atoms with Crippen LogP contribution < -0.4 is 5.32 Å². The topological polar surface area (TPSA) is 29.9 Å². The first-order valence-electron chi connectivity index (χ1n) is 7.38. The summed E-state index contributed by atoms with van der Waals surface area (Å²) in [5.41, 5.74) is 1.10. The number of thioether (sulfide) groups is 1. The van der Waals surface area contributed by atoms with E-state index in [0.29, 0.717) is 0 Å². The maximum Gasteiger partial charge on any atom is 0.0834 e. The predicted octanol–water partition coefficient (Wildman–Crippen LogP) is 4.39. The van der Waals surface area contributed by atoms with Gasteiger partial charge in [0, 0.05) is 17.2 Å². The Labute approximate surface area is 136 Å². The van der Waals surface area contributed by atoms with Crippen LogP contribution in [-0.4, -0.2) is 22.1 Å². The molecule has 0 radical (unpaired) electrons. The summed E-state index contributed by atoms with van der Waals surface area (Å²) in [6.45, 7) is 6.09. The van der Waals surface area contributed by atoms with Crippen molar-refractivity contribution in [2.45, 2.75) is 37.8 Å². The zero-order chi connectivity index (χ0) is 15.1. The minimum Gasteiger partial charge on any atom is -0.308 e. The number of rotatable bonds is 8. The van der Waals surface area contributed by atoms with E-state index in [9.17, 15) is 0 Å². The first-order chi connectivity index (χ1) is 10.3. The Hall–Kier alpha value is -0.970. The zero-order valence-corrected chi connectivity index (χ0v) is 14.1. The van der Waals surface area contributed by atoms with Crippen molar-refractivity contribution in [3.8, 4) is 0 Å². The molecule has 0 spiro atoms. The Bertz CT molecular complexity index is 542. The minimum atomic E-state index is 0.210. The number of halogens is 1. The summed E-state index contributed by atoms with van der Waals surface area (Å²) in [5, 5.41) is 8.68. The molecule has 0 aliphatic carbocycles. The number of aryl methyl sites for hydroxylation is 1. The number of nitrogens with zero attached hydrogens (tertiary/aromatic N) is 2. The Morgan fingerprint density at radius 2 is 2.05 bits per heavy atom. The second kappa shape index (κ2) is 8.47. The molecule has 3 nitrogen and oxygen atoms in total. The molecule has 0 bridgehead atoms. The van der Waals surface area contributed by atoms with Gasteiger partial charge in [-0.3, -0.25) is 4.68 Å². The highest BCUT2D eigenvalue weighted by Gasteiger charge is 2.19. The van der Waals surface area contributed by atoms with Crippen molar-refractivity contribution in [1.29, 1.82) is 0 Å². The molecule has 0 amide bonds. The second-order valence-electron chi connectivity index (χ2n) is 4.84. The van der Waals surface area contributed by atoms with Crippen molar-refractivity contribution in [3.05, 3.63) is 47.2 Å². The van der Waals surface area contributed by atoms with Gasteiger partial charge in [-0.25, -0.2) is 0 Å². The quantitative estimate of drug-likeness (QED) is 0.731. The Morgan fingerprint density at radius 3 is 2.71 bits per heavy atom. The molecule has 1 aromatic carbocycles. The van der Waals surface area contributed by atoms with Gasteiger partial charge >= 0.3 is 0 Å². The molecular weight excluding hydrogens is 302 g/mol. The van der Waals surface area contributed by atoms with Crippen LogP contribution in [0.25, 0.3) is 0 Å². The largest absolute Gasteiger partial charge is 0.308 e. The first-order valence-corrected chi connectivity index (χ1v) is 8.75. The van der Waals surface area contributed by atoms with Gasteiger partial charge in [-0.1, -0.05) is 43.6 Å². The van der Waals surface area contributed by atoms with Crippen LogP contribution in [0, 0.1) is 0 Å². The summed E-state index contributed by atoms with van der Waals surface area (Å²) in [4.78, 5) is 1.28. The third-order valence-electron chi connectivity index (χ3n) is 3.21. The molecule has 1 heterocycles. The highest BCUT2D eigenvalue weighted by Crippen LogP contribution is 2.29. The van der Waals surface area contributed by atoms with Crippen molar-refractivity contribution in [3.63, 3.8) is 0 Å². The van der Waals surface area contributed by atoms with Crippen LogP contribution in [0.2, 0.25) is 5.02 Å². The second-order valence-corrected chi connectivity index (χ2v) is 6.34. The van der Waals surface area contributed by atoms with Crippen LogP contribution in [0.1, 0.15) is 32.0 Å². The third kappa shape index (κ3) is 4.50. The van der Waals surface area contributed by atoms with Gasteiger partial charge in [0.15, 0.2) is 0 Å². The normalized spacial score (nSPS) is 12.5. The average Bonchev–Trinajstić information content (AvgIpc) is 2.86. The van der Waals surface area contributed by atoms with Crippen molar-refractivity contribution in [2.24, 2.45) is 0 Å². The summed E-state index contributed by atoms with van der Waals surface area (Å²) in [6.07, 6.45) is 2.81. The molecule has 0 fully saturated rings. The van der Waals surface area contributed by atoms with Crippen molar-refractivity contribution in [2.75, 3.05) is 12.3 Å². The minimum absolute atomic E-state index is 0.210. The van der Waals surface area contributed by atoms with Crippen molar-refractivity contribution in [1.82, 2.24) is 15.1 Å². The Balaban J connectivity index is 2.13. The molecule has 0 saturated carbocycles. The van der Waals surface area contributed by atoms with Gasteiger partial charge in [0.05, 0.1) is 23.0 Å². The molecule has 2 aromatic rings. The summed E-state index contributed by atoms with van der Waals surface area (Å²) < 4.78 is 2.03. The monoisotopic (exact) mass is 323 g/mol. The fourth-order valence-electron chi connectivity index (χ4n) is 2.29. The summed E-state index contributed by atoms with van der Waals surface area (Å²) in [5.74, 6) is 0.937. The maximum absolute atomic E-state index is 6.36. The van der Waals surface area contributed by atoms with Crippen LogP contribution in [-0.2, 0) is 6.54 Å². The number of benzene rings is 1. The van der Waals surface area contributed by atoms with Gasteiger partial charge in [0.1, 0.15) is 0 Å². The van der Waals surface area contributed by atoms with E-state index in [2.05, 4.69) is 48.5 Å². The molecule has 1 unspecified atom stereocenters. The van der Waals surface area contributed by atoms with E-state index < -0.39 is 0 Å². The van der Waals surface area contributed by atoms with E-state index in [1.165, 1.54) is 4.90 Å². The van der Waals surface area contributed by atoms with Crippen molar-refractivity contribution < 1.29 is 0 Å². The fraction of sp³-hybridized carbons (Fsp3) is 0.438. The molecule has 5 heteroatoms. The smallest absolute Gasteiger partial charge is 0.0834 e. The van der Waals surface area contributed by atoms with Crippen LogP contribution in [0.3, 0.4) is 0 Å². The number of hydrogen-bond acceptors (Lipinski definition) is 3. The SMILES string of the molecule is CCCn1ncc(Cl)c1C(CSc1ccccc1)NCC. The fourth-order valence-corrected chi connectivity index (χ4v) is 3.54. The molecule has 0 aliphatic heterocycles. The number of hydrogen-bond donors (Lipinski definition) is 1. The molecule has 1 aromatic heterocycles. The van der Waals surface area contributed by atoms with E-state index in [1.54, 1.807) is 6.20 Å². The summed E-state index contributed by atoms with van der Waals surface area (Å²) >= 11 is 8.20. The molecule has 0 aliphatic rings. The Morgan fingerprint density at radius 1 is 1.29 bits per heavy atom.